The number of nitrogens with one attached hydrogen (secondary N) is 1. The molecule has 1 aliphatic heterocycles. The molecule has 1 N–H and O–H groups in total. The van der Waals surface area contributed by atoms with E-state index in [0.717, 1.165) is 30.6 Å². The van der Waals surface area contributed by atoms with Gasteiger partial charge in [0.15, 0.2) is 0 Å². The lowest BCUT2D eigenvalue weighted by molar-refractivity contribution is 0.0848. The number of hydrogen-bond donors (Lipinski definition) is 1. The van der Waals surface area contributed by atoms with Crippen molar-refractivity contribution in [3.05, 3.63) is 12.0 Å². The van der Waals surface area contributed by atoms with E-state index in [4.69, 9.17) is 9.15 Å². The molecule has 2 heterocycles. The van der Waals surface area contributed by atoms with Crippen LogP contribution in [0.1, 0.15) is 12.1 Å². The fraction of sp³-hybridized carbons (Fsp3) is 0.700. The van der Waals surface area contributed by atoms with E-state index < -0.39 is 0 Å². The lowest BCUT2D eigenvalue weighted by Gasteiger charge is -2.29. The van der Waals surface area contributed by atoms with Crippen molar-refractivity contribution < 1.29 is 9.15 Å². The Bertz CT molecular complexity index is 316. The molecular formula is C10H16N2O2S. The number of ether oxygens (including phenoxy) is 1. The Kier molecular flexibility index (Phi) is 3.66. The quantitative estimate of drug-likeness (QED) is 0.848. The summed E-state index contributed by atoms with van der Waals surface area (Å²) in [5.74, 6) is 0. The monoisotopic (exact) mass is 228 g/mol. The average Bonchev–Trinajstić information content (AvgIpc) is 2.65. The van der Waals surface area contributed by atoms with Gasteiger partial charge in [-0.15, -0.1) is 0 Å². The molecule has 2 atom stereocenters. The van der Waals surface area contributed by atoms with E-state index in [-0.39, 0.29) is 0 Å². The van der Waals surface area contributed by atoms with Crippen LogP contribution in [0.3, 0.4) is 0 Å². The van der Waals surface area contributed by atoms with Crippen LogP contribution in [0.2, 0.25) is 0 Å². The maximum atomic E-state index is 5.46. The van der Waals surface area contributed by atoms with Crippen LogP contribution >= 0.6 is 11.8 Å². The van der Waals surface area contributed by atoms with Gasteiger partial charge in [0, 0.05) is 12.6 Å². The van der Waals surface area contributed by atoms with Crippen molar-refractivity contribution in [1.82, 2.24) is 10.3 Å². The Morgan fingerprint density at radius 1 is 1.60 bits per heavy atom. The molecule has 0 bridgehead atoms. The Hall–Kier alpha value is -0.520. The van der Waals surface area contributed by atoms with Crippen LogP contribution in [0, 0.1) is 6.92 Å². The zero-order valence-electron chi connectivity index (χ0n) is 9.03. The van der Waals surface area contributed by atoms with Crippen molar-refractivity contribution in [3.8, 4) is 0 Å². The van der Waals surface area contributed by atoms with Gasteiger partial charge in [0.2, 0.25) is 0 Å². The molecule has 0 radical (unpaired) electrons. The minimum Gasteiger partial charge on any atom is -0.440 e. The molecule has 1 fully saturated rings. The highest BCUT2D eigenvalue weighted by molar-refractivity contribution is 7.99. The van der Waals surface area contributed by atoms with Gasteiger partial charge in [-0.2, -0.15) is 0 Å². The second-order valence-electron chi connectivity index (χ2n) is 3.67. The maximum absolute atomic E-state index is 5.46. The third-order valence-electron chi connectivity index (χ3n) is 2.53. The Morgan fingerprint density at radius 3 is 3.13 bits per heavy atom. The zero-order chi connectivity index (χ0) is 10.7. The van der Waals surface area contributed by atoms with E-state index in [9.17, 15) is 0 Å². The van der Waals surface area contributed by atoms with Crippen molar-refractivity contribution in [1.29, 1.82) is 0 Å². The smallest absolute Gasteiger partial charge is 0.256 e. The maximum Gasteiger partial charge on any atom is 0.256 e. The topological polar surface area (TPSA) is 47.3 Å². The number of rotatable bonds is 3. The molecule has 5 heteroatoms. The molecule has 0 aromatic carbocycles. The van der Waals surface area contributed by atoms with E-state index in [0.29, 0.717) is 11.3 Å². The second kappa shape index (κ2) is 5.01. The summed E-state index contributed by atoms with van der Waals surface area (Å²) >= 11 is 1.65. The number of thioether (sulfide) groups is 1. The molecular weight excluding hydrogens is 212 g/mol. The van der Waals surface area contributed by atoms with Crippen LogP contribution in [0.4, 0.5) is 0 Å². The highest BCUT2D eigenvalue weighted by Crippen LogP contribution is 2.28. The summed E-state index contributed by atoms with van der Waals surface area (Å²) in [5.41, 5.74) is 0.926. The Morgan fingerprint density at radius 2 is 2.47 bits per heavy atom. The summed E-state index contributed by atoms with van der Waals surface area (Å²) in [6.45, 7) is 3.53. The van der Waals surface area contributed by atoms with Crippen LogP contribution in [0.25, 0.3) is 0 Å². The predicted molar refractivity (Wildman–Crippen MR) is 59.2 cm³/mol. The first-order valence-electron chi connectivity index (χ1n) is 5.13. The molecule has 4 nitrogen and oxygen atoms in total. The van der Waals surface area contributed by atoms with Gasteiger partial charge < -0.3 is 14.5 Å². The summed E-state index contributed by atoms with van der Waals surface area (Å²) in [6, 6.07) is 0.482. The Balaban J connectivity index is 1.97. The minimum absolute atomic E-state index is 0.391. The van der Waals surface area contributed by atoms with E-state index in [1.54, 1.807) is 18.0 Å². The van der Waals surface area contributed by atoms with Gasteiger partial charge in [-0.1, -0.05) is 11.8 Å². The normalized spacial score (nSPS) is 26.8. The molecule has 0 amide bonds. The second-order valence-corrected chi connectivity index (χ2v) is 4.86. The third-order valence-corrected chi connectivity index (χ3v) is 3.68. The zero-order valence-corrected chi connectivity index (χ0v) is 9.84. The Labute approximate surface area is 93.8 Å². The molecule has 2 unspecified atom stereocenters. The predicted octanol–water partition coefficient (Wildman–Crippen LogP) is 1.45. The van der Waals surface area contributed by atoms with Crippen LogP contribution < -0.4 is 5.32 Å². The summed E-state index contributed by atoms with van der Waals surface area (Å²) in [5, 5.41) is 4.44. The van der Waals surface area contributed by atoms with Gasteiger partial charge in [0.1, 0.15) is 6.26 Å². The summed E-state index contributed by atoms with van der Waals surface area (Å²) in [4.78, 5) is 4.29. The van der Waals surface area contributed by atoms with E-state index >= 15 is 0 Å². The van der Waals surface area contributed by atoms with Gasteiger partial charge in [-0.05, 0) is 20.4 Å². The first-order valence-corrected chi connectivity index (χ1v) is 6.01. The van der Waals surface area contributed by atoms with Gasteiger partial charge >= 0.3 is 0 Å². The summed E-state index contributed by atoms with van der Waals surface area (Å²) in [7, 11) is 1.99. The van der Waals surface area contributed by atoms with E-state index in [1.807, 2.05) is 14.0 Å². The number of hydrogen-bond acceptors (Lipinski definition) is 5. The van der Waals surface area contributed by atoms with Crippen LogP contribution in [-0.2, 0) is 4.74 Å². The van der Waals surface area contributed by atoms with Gasteiger partial charge in [0.05, 0.1) is 17.6 Å². The first kappa shape index (κ1) is 11.0. The largest absolute Gasteiger partial charge is 0.440 e. The molecule has 1 saturated heterocycles. The van der Waals surface area contributed by atoms with Crippen LogP contribution in [0.5, 0.6) is 0 Å². The van der Waals surface area contributed by atoms with Crippen molar-refractivity contribution in [2.24, 2.45) is 0 Å². The van der Waals surface area contributed by atoms with Gasteiger partial charge in [0.25, 0.3) is 5.22 Å². The lowest BCUT2D eigenvalue weighted by Crippen LogP contribution is -2.43. The average molecular weight is 228 g/mol. The highest BCUT2D eigenvalue weighted by Gasteiger charge is 2.26. The summed E-state index contributed by atoms with van der Waals surface area (Å²) < 4.78 is 10.8. The third kappa shape index (κ3) is 2.74. The fourth-order valence-electron chi connectivity index (χ4n) is 1.67. The van der Waals surface area contributed by atoms with Gasteiger partial charge in [-0.3, -0.25) is 0 Å². The number of aryl methyl sites for hydroxylation is 1. The molecule has 84 valence electrons. The minimum atomic E-state index is 0.391. The van der Waals surface area contributed by atoms with Crippen molar-refractivity contribution >= 4 is 11.8 Å². The van der Waals surface area contributed by atoms with Crippen molar-refractivity contribution in [3.63, 3.8) is 0 Å². The molecule has 2 rings (SSSR count). The fourth-order valence-corrected chi connectivity index (χ4v) is 2.83. The molecule has 0 aliphatic carbocycles. The number of nitrogens with zero attached hydrogens (tertiary/aromatic N) is 1. The van der Waals surface area contributed by atoms with Crippen molar-refractivity contribution in [2.45, 2.75) is 29.9 Å². The van der Waals surface area contributed by atoms with Gasteiger partial charge in [-0.25, -0.2) is 4.98 Å². The van der Waals surface area contributed by atoms with Crippen LogP contribution in [0.15, 0.2) is 15.9 Å². The summed E-state index contributed by atoms with van der Waals surface area (Å²) in [6.07, 6.45) is 2.73. The molecule has 1 aliphatic rings. The molecule has 15 heavy (non-hydrogen) atoms. The van der Waals surface area contributed by atoms with Crippen molar-refractivity contribution in [2.75, 3.05) is 20.3 Å². The SMILES string of the molecule is CNC1CCOCC1Sc1nc(C)co1. The van der Waals surface area contributed by atoms with E-state index in [1.165, 1.54) is 0 Å². The molecule has 1 aromatic heterocycles. The van der Waals surface area contributed by atoms with Crippen LogP contribution in [-0.4, -0.2) is 36.5 Å². The molecule has 0 spiro atoms. The highest BCUT2D eigenvalue weighted by atomic mass is 32.2. The molecule has 0 saturated carbocycles. The molecule has 1 aromatic rings. The number of oxazole rings is 1. The lowest BCUT2D eigenvalue weighted by atomic mass is 10.1. The number of aromatic nitrogens is 1. The first-order chi connectivity index (χ1) is 7.29. The standard InChI is InChI=1S/C10H16N2O2S/c1-7-5-14-10(12-7)15-9-6-13-4-3-8(9)11-2/h5,8-9,11H,3-4,6H2,1-2H3. The van der Waals surface area contributed by atoms with E-state index in [2.05, 4.69) is 10.3 Å².